The molecule has 23 heteroatoms. The lowest BCUT2D eigenvalue weighted by Crippen LogP contribution is -2.72. The van der Waals surface area contributed by atoms with Gasteiger partial charge in [-0.05, 0) is 48.4 Å². The monoisotopic (exact) mass is 973 g/mol. The number of carboxylic acid groups (broad SMARTS) is 2. The molecule has 312 valence electrons. The van der Waals surface area contributed by atoms with E-state index < -0.39 is 89.9 Å². The molecule has 0 radical (unpaired) electrons. The van der Waals surface area contributed by atoms with E-state index in [0.717, 1.165) is 16.2 Å². The van der Waals surface area contributed by atoms with Crippen LogP contribution in [0.15, 0.2) is 59.4 Å². The van der Waals surface area contributed by atoms with Gasteiger partial charge in [-0.2, -0.15) is 0 Å². The van der Waals surface area contributed by atoms with Crippen molar-refractivity contribution in [2.45, 2.75) is 68.8 Å². The van der Waals surface area contributed by atoms with Crippen LogP contribution in [0.4, 0.5) is 5.13 Å². The van der Waals surface area contributed by atoms with Gasteiger partial charge in [-0.1, -0.05) is 16.8 Å². The van der Waals surface area contributed by atoms with E-state index in [2.05, 4.69) is 20.4 Å². The summed E-state index contributed by atoms with van der Waals surface area (Å²) in [4.78, 5) is 81.7. The highest BCUT2D eigenvalue weighted by molar-refractivity contribution is 14.2. The molecule has 6 N–H and O–H groups in total. The molecular weight excluding hydrogens is 935 g/mol. The number of nitrogens with two attached hydrogens (primary N) is 1. The van der Waals surface area contributed by atoms with E-state index in [4.69, 9.17) is 22.2 Å². The van der Waals surface area contributed by atoms with E-state index in [1.165, 1.54) is 50.2 Å². The van der Waals surface area contributed by atoms with E-state index in [1.807, 2.05) is 6.92 Å². The second-order valence-electron chi connectivity index (χ2n) is 14.6. The number of nitrogens with zero attached hydrogens (tertiary/aromatic N) is 6. The van der Waals surface area contributed by atoms with Gasteiger partial charge in [-0.15, -0.1) is 23.1 Å². The van der Waals surface area contributed by atoms with Crippen molar-refractivity contribution in [1.29, 1.82) is 0 Å². The Hall–Kier alpha value is -4.52. The van der Waals surface area contributed by atoms with Crippen LogP contribution in [0.3, 0.4) is 0 Å². The van der Waals surface area contributed by atoms with Crippen molar-refractivity contribution < 1.29 is 58.8 Å². The fourth-order valence-corrected chi connectivity index (χ4v) is 11.5. The first-order valence-corrected chi connectivity index (χ1v) is 22.1. The number of aliphatic hydroxyl groups is 3. The summed E-state index contributed by atoms with van der Waals surface area (Å²) in [5.74, 6) is -6.35. The number of nitrogen functional groups attached to an aromatic ring is 1. The minimum atomic E-state index is -1.93. The van der Waals surface area contributed by atoms with Crippen LogP contribution in [-0.4, -0.2) is 140 Å². The summed E-state index contributed by atoms with van der Waals surface area (Å²) in [6.07, 6.45) is 3.67. The fourth-order valence-electron chi connectivity index (χ4n) is 7.14. The Morgan fingerprint density at radius 2 is 1.91 bits per heavy atom. The Balaban J connectivity index is 1.18. The topological polar surface area (TPSA) is 284 Å². The van der Waals surface area contributed by atoms with Gasteiger partial charge in [0, 0.05) is 47.4 Å². The van der Waals surface area contributed by atoms with E-state index >= 15 is 0 Å². The third kappa shape index (κ3) is 8.47. The predicted molar refractivity (Wildman–Crippen MR) is 218 cm³/mol. The number of piperidine rings is 1. The number of hydrogen-bond donors (Lipinski definition) is 5. The van der Waals surface area contributed by atoms with Crippen molar-refractivity contribution in [2.75, 3.05) is 38.5 Å². The molecule has 0 unspecified atom stereocenters. The van der Waals surface area contributed by atoms with Crippen LogP contribution in [0.25, 0.3) is 0 Å². The van der Waals surface area contributed by atoms with Crippen LogP contribution in [0.2, 0.25) is 0 Å². The average Bonchev–Trinajstić information content (AvgIpc) is 3.40. The van der Waals surface area contributed by atoms with Gasteiger partial charge in [-0.3, -0.25) is 19.3 Å². The van der Waals surface area contributed by atoms with Gasteiger partial charge < -0.3 is 60.4 Å². The zero-order valence-corrected chi connectivity index (χ0v) is 36.0. The maximum atomic E-state index is 13.9. The largest absolute Gasteiger partial charge is 0.546 e. The van der Waals surface area contributed by atoms with Crippen LogP contribution in [-0.2, 0) is 28.8 Å². The average molecular weight is 974 g/mol. The molecule has 3 atom stereocenters. The number of aliphatic hydroxyl groups excluding tert-OH is 3. The van der Waals surface area contributed by atoms with Crippen molar-refractivity contribution in [3.8, 4) is 0 Å². The van der Waals surface area contributed by atoms with Gasteiger partial charge >= 0.3 is 0 Å². The van der Waals surface area contributed by atoms with Gasteiger partial charge in [0.1, 0.15) is 36.1 Å². The number of quaternary nitrogens is 1. The lowest BCUT2D eigenvalue weighted by Gasteiger charge is -2.53. The van der Waals surface area contributed by atoms with Gasteiger partial charge in [0.05, 0.1) is 49.4 Å². The van der Waals surface area contributed by atoms with Crippen LogP contribution < -0.4 is 21.3 Å². The molecule has 0 aliphatic carbocycles. The lowest BCUT2D eigenvalue weighted by molar-refractivity contribution is -0.925. The molecule has 6 aliphatic rings. The molecule has 2 bridgehead atoms. The molecule has 0 saturated carbocycles. The molecule has 0 spiro atoms. The highest BCUT2D eigenvalue weighted by Crippen LogP contribution is 2.45. The number of rotatable bonds is 12. The summed E-state index contributed by atoms with van der Waals surface area (Å²) >= 11 is 7.20. The molecule has 19 nitrogen and oxygen atoms in total. The SMILES string of the molecule is CC(O)=C(C=NC1=CC(O)=C(O)C(Cl)=I1)C(=O)N1CC[N+]2(CC3=C(C(=O)[O-])N4C(=O)[C@@H](NC(=O)/C(=N\OC(C)(C)C(=O)[O-])c5csc(N)n5)[C@H]4S[C@H]3C)CCC1CC2. The number of hydrogen-bond acceptors (Lipinski definition) is 17. The van der Waals surface area contributed by atoms with Crippen molar-refractivity contribution in [3.63, 3.8) is 0 Å². The van der Waals surface area contributed by atoms with Gasteiger partial charge in [0.25, 0.3) is 17.7 Å². The van der Waals surface area contributed by atoms with Crippen LogP contribution in [0.1, 0.15) is 46.2 Å². The molecule has 7 heterocycles. The number of allylic oxidation sites excluding steroid dienone is 3. The Morgan fingerprint density at radius 1 is 1.22 bits per heavy atom. The van der Waals surface area contributed by atoms with Gasteiger partial charge in [-0.25, -0.2) is 9.98 Å². The number of fused-ring (bicyclic) bond motifs is 5. The number of thioether (sulfide) groups is 1. The number of amides is 3. The number of oxime groups is 1. The molecule has 1 aromatic rings. The lowest BCUT2D eigenvalue weighted by atomic mass is 9.97. The van der Waals surface area contributed by atoms with Gasteiger partial charge in [0.2, 0.25) is 0 Å². The Bertz CT molecular complexity index is 2190. The third-order valence-electron chi connectivity index (χ3n) is 10.4. The molecular formula is C35H39ClIN8O11S2-. The molecule has 4 saturated heterocycles. The number of anilines is 1. The maximum Gasteiger partial charge on any atom is 0.276 e. The highest BCUT2D eigenvalue weighted by Gasteiger charge is 2.56. The maximum absolute atomic E-state index is 13.9. The number of carboxylic acids is 2. The van der Waals surface area contributed by atoms with E-state index in [0.29, 0.717) is 46.2 Å². The van der Waals surface area contributed by atoms with Crippen molar-refractivity contribution in [3.05, 3.63) is 55.0 Å². The smallest absolute Gasteiger partial charge is 0.276 e. The first-order chi connectivity index (χ1) is 27.2. The van der Waals surface area contributed by atoms with Gasteiger partial charge in [0.15, 0.2) is 28.0 Å². The summed E-state index contributed by atoms with van der Waals surface area (Å²) in [5, 5.41) is 61.1. The van der Waals surface area contributed by atoms with Crippen molar-refractivity contribution in [2.24, 2.45) is 10.1 Å². The summed E-state index contributed by atoms with van der Waals surface area (Å²) in [6.45, 7) is 7.73. The first-order valence-electron chi connectivity index (χ1n) is 17.8. The molecule has 0 aromatic carbocycles. The summed E-state index contributed by atoms with van der Waals surface area (Å²) in [7, 11) is 0. The molecule has 6 aliphatic heterocycles. The second kappa shape index (κ2) is 16.6. The number of carbonyl (C=O) groups is 5. The number of aliphatic carboxylic acids is 2. The van der Waals surface area contributed by atoms with Crippen LogP contribution >= 0.6 is 55.4 Å². The number of carbonyl (C=O) groups excluding carboxylic acids is 5. The fraction of sp³-hybridized carbons (Fsp3) is 0.457. The van der Waals surface area contributed by atoms with Crippen molar-refractivity contribution in [1.82, 2.24) is 20.1 Å². The molecule has 4 fully saturated rings. The molecule has 7 rings (SSSR count). The van der Waals surface area contributed by atoms with Crippen molar-refractivity contribution >= 4 is 105 Å². The number of halogens is 2. The van der Waals surface area contributed by atoms with E-state index in [9.17, 15) is 49.5 Å². The normalized spacial score (nSPS) is 26.8. The highest BCUT2D eigenvalue weighted by atomic mass is 127. The molecule has 3 amide bonds. The molecule has 1 aromatic heterocycles. The predicted octanol–water partition coefficient (Wildman–Crippen LogP) is 0.0131. The third-order valence-corrected chi connectivity index (χ3v) is 15.3. The molecule has 58 heavy (non-hydrogen) atoms. The van der Waals surface area contributed by atoms with E-state index in [1.54, 1.807) is 4.90 Å². The summed E-state index contributed by atoms with van der Waals surface area (Å²) in [6, 6.07) is -1.35. The second-order valence-corrected chi connectivity index (χ2v) is 20.7. The number of aromatic nitrogens is 1. The van der Waals surface area contributed by atoms with E-state index in [-0.39, 0.29) is 50.0 Å². The standard InChI is InChI=1S/C35H40ClIN8O11S2/c1-15(46)18(12-39-22-11-21(47)26(48)27(36)37-22)29(50)43-7-10-45(8-5-17(43)6-9-45)13-19-16(2)58-31-24(30(51)44(31)25(19)32(52)53)41-28(49)23(20-14-57-34(38)40-20)42-56-35(3,4)33(54)55/h11-12,14,16-17,24,31H,5-10,13H2,1-4H3,(H7-,38,39,40,41,42,46,47,48,49,50,52,53,54,55)/p-1/t16-,17?,24+,31+,45?/m0/s1. The number of β-lactam (4-membered cyclic amide) rings is 1. The summed E-state index contributed by atoms with van der Waals surface area (Å²) < 4.78 is 0.895. The number of nitrogens with one attached hydrogen (secondary N) is 1. The Kier molecular flexibility index (Phi) is 12.3. The Labute approximate surface area is 354 Å². The minimum absolute atomic E-state index is 0.0366. The van der Waals surface area contributed by atoms with Crippen LogP contribution in [0.5, 0.6) is 0 Å². The summed E-state index contributed by atoms with van der Waals surface area (Å²) in [5.41, 5.74) is 3.49. The first kappa shape index (κ1) is 43.1. The zero-order valence-electron chi connectivity index (χ0n) is 31.4. The van der Waals surface area contributed by atoms with Crippen LogP contribution in [0, 0.1) is 0 Å². The quantitative estimate of drug-likeness (QED) is 0.0270. The number of aliphatic imine (C=N–C) groups is 1. The Morgan fingerprint density at radius 3 is 2.50 bits per heavy atom. The minimum Gasteiger partial charge on any atom is -0.546 e. The zero-order chi connectivity index (χ0) is 42.4. The number of thiazole rings is 1.